The molecule has 0 bridgehead atoms. The van der Waals surface area contributed by atoms with Crippen LogP contribution in [0.25, 0.3) is 10.9 Å². The van der Waals surface area contributed by atoms with Crippen LogP contribution in [0.1, 0.15) is 12.8 Å². The zero-order chi connectivity index (χ0) is 18.4. The third-order valence-electron chi connectivity index (χ3n) is 3.90. The average Bonchev–Trinajstić information content (AvgIpc) is 2.66. The smallest absolute Gasteiger partial charge is 0.269 e. The standard InChI is InChI=1S/C19H18N4O3/c24-16-9-8-14(12-22-16)19(26)21-11-3-7-17(25)23-15-6-1-4-13-5-2-10-20-18(13)15/h1-2,4-6,8-10,12,14H,3,7,11H2,(H,21,26)(H,23,25). The molecule has 132 valence electrons. The van der Waals surface area contributed by atoms with Gasteiger partial charge < -0.3 is 10.6 Å². The SMILES string of the molecule is O=C1C=CC(C(=O)NCCCC(=O)Nc2cccc3cccnc23)C=N1. The second-order valence-electron chi connectivity index (χ2n) is 5.82. The van der Waals surface area contributed by atoms with Crippen molar-refractivity contribution in [3.63, 3.8) is 0 Å². The van der Waals surface area contributed by atoms with Crippen molar-refractivity contribution in [1.82, 2.24) is 10.3 Å². The number of amides is 3. The summed E-state index contributed by atoms with van der Waals surface area (Å²) in [4.78, 5) is 42.8. The van der Waals surface area contributed by atoms with E-state index in [0.29, 0.717) is 18.7 Å². The molecule has 7 heteroatoms. The Morgan fingerprint density at radius 3 is 2.81 bits per heavy atom. The van der Waals surface area contributed by atoms with E-state index in [9.17, 15) is 14.4 Å². The molecule has 0 saturated carbocycles. The number of fused-ring (bicyclic) bond motifs is 1. The number of carbonyl (C=O) groups is 3. The predicted octanol–water partition coefficient (Wildman–Crippen LogP) is 1.85. The number of anilines is 1. The van der Waals surface area contributed by atoms with Gasteiger partial charge in [-0.1, -0.05) is 24.3 Å². The van der Waals surface area contributed by atoms with Crippen LogP contribution in [-0.4, -0.2) is 35.5 Å². The van der Waals surface area contributed by atoms with Gasteiger partial charge in [-0.05, 0) is 18.6 Å². The first-order chi connectivity index (χ1) is 12.6. The fourth-order valence-corrected chi connectivity index (χ4v) is 2.58. The van der Waals surface area contributed by atoms with Crippen LogP contribution in [0.5, 0.6) is 0 Å². The molecular weight excluding hydrogens is 332 g/mol. The molecule has 1 aromatic heterocycles. The number of para-hydroxylation sites is 1. The largest absolute Gasteiger partial charge is 0.355 e. The minimum atomic E-state index is -0.539. The van der Waals surface area contributed by atoms with Gasteiger partial charge in [0.1, 0.15) is 0 Å². The van der Waals surface area contributed by atoms with E-state index in [1.807, 2.05) is 30.3 Å². The number of pyridine rings is 1. The van der Waals surface area contributed by atoms with E-state index in [4.69, 9.17) is 0 Å². The highest BCUT2D eigenvalue weighted by molar-refractivity contribution is 6.05. The Balaban J connectivity index is 1.44. The molecule has 2 heterocycles. The quantitative estimate of drug-likeness (QED) is 0.777. The van der Waals surface area contributed by atoms with Crippen molar-refractivity contribution >= 4 is 40.5 Å². The van der Waals surface area contributed by atoms with Gasteiger partial charge in [-0.25, -0.2) is 4.99 Å². The molecule has 0 spiro atoms. The highest BCUT2D eigenvalue weighted by Crippen LogP contribution is 2.20. The predicted molar refractivity (Wildman–Crippen MR) is 98.7 cm³/mol. The average molecular weight is 350 g/mol. The van der Waals surface area contributed by atoms with E-state index in [2.05, 4.69) is 20.6 Å². The molecule has 2 aromatic rings. The van der Waals surface area contributed by atoms with E-state index in [1.165, 1.54) is 18.4 Å². The molecule has 1 aliphatic rings. The van der Waals surface area contributed by atoms with Crippen LogP contribution in [-0.2, 0) is 14.4 Å². The molecule has 3 amide bonds. The van der Waals surface area contributed by atoms with Gasteiger partial charge >= 0.3 is 0 Å². The Morgan fingerprint density at radius 1 is 1.15 bits per heavy atom. The van der Waals surface area contributed by atoms with Crippen LogP contribution in [0, 0.1) is 5.92 Å². The van der Waals surface area contributed by atoms with Crippen LogP contribution < -0.4 is 10.6 Å². The van der Waals surface area contributed by atoms with E-state index in [0.717, 1.165) is 10.9 Å². The van der Waals surface area contributed by atoms with Crippen LogP contribution in [0.4, 0.5) is 5.69 Å². The van der Waals surface area contributed by atoms with Crippen LogP contribution >= 0.6 is 0 Å². The van der Waals surface area contributed by atoms with Gasteiger partial charge in [-0.15, -0.1) is 0 Å². The highest BCUT2D eigenvalue weighted by Gasteiger charge is 2.16. The number of hydrogen-bond acceptors (Lipinski definition) is 4. The first-order valence-electron chi connectivity index (χ1n) is 8.31. The van der Waals surface area contributed by atoms with Crippen molar-refractivity contribution in [3.8, 4) is 0 Å². The zero-order valence-electron chi connectivity index (χ0n) is 14.0. The normalized spacial score (nSPS) is 15.8. The lowest BCUT2D eigenvalue weighted by Crippen LogP contribution is -2.32. The topological polar surface area (TPSA) is 101 Å². The maximum absolute atomic E-state index is 12.1. The summed E-state index contributed by atoms with van der Waals surface area (Å²) in [5, 5.41) is 6.54. The third-order valence-corrected chi connectivity index (χ3v) is 3.90. The number of nitrogens with zero attached hydrogens (tertiary/aromatic N) is 2. The third kappa shape index (κ3) is 4.38. The monoisotopic (exact) mass is 350 g/mol. The van der Waals surface area contributed by atoms with E-state index in [-0.39, 0.29) is 24.1 Å². The molecule has 0 saturated heterocycles. The summed E-state index contributed by atoms with van der Waals surface area (Å²) in [7, 11) is 0. The number of aliphatic imine (C=N–C) groups is 1. The Morgan fingerprint density at radius 2 is 2.00 bits per heavy atom. The second-order valence-corrected chi connectivity index (χ2v) is 5.82. The zero-order valence-corrected chi connectivity index (χ0v) is 14.0. The summed E-state index contributed by atoms with van der Waals surface area (Å²) < 4.78 is 0. The molecule has 0 radical (unpaired) electrons. The first kappa shape index (κ1) is 17.5. The summed E-state index contributed by atoms with van der Waals surface area (Å²) in [5.74, 6) is -1.28. The van der Waals surface area contributed by atoms with Gasteiger partial charge in [0, 0.05) is 36.8 Å². The molecule has 2 N–H and O–H groups in total. The Labute approximate surface area is 150 Å². The first-order valence-corrected chi connectivity index (χ1v) is 8.31. The van der Waals surface area contributed by atoms with Crippen molar-refractivity contribution in [2.45, 2.75) is 12.8 Å². The van der Waals surface area contributed by atoms with Crippen LogP contribution in [0.15, 0.2) is 53.7 Å². The molecule has 0 fully saturated rings. The van der Waals surface area contributed by atoms with Gasteiger partial charge in [0.15, 0.2) is 0 Å². The number of hydrogen-bond donors (Lipinski definition) is 2. The molecule has 7 nitrogen and oxygen atoms in total. The summed E-state index contributed by atoms with van der Waals surface area (Å²) >= 11 is 0. The lowest BCUT2D eigenvalue weighted by atomic mass is 10.1. The molecule has 3 rings (SSSR count). The molecule has 1 atom stereocenters. The molecule has 1 aliphatic heterocycles. The minimum Gasteiger partial charge on any atom is -0.355 e. The Bertz CT molecular complexity index is 883. The molecule has 1 aromatic carbocycles. The Hall–Kier alpha value is -3.35. The fourth-order valence-electron chi connectivity index (χ4n) is 2.58. The van der Waals surface area contributed by atoms with E-state index >= 15 is 0 Å². The van der Waals surface area contributed by atoms with Crippen molar-refractivity contribution in [2.75, 3.05) is 11.9 Å². The van der Waals surface area contributed by atoms with Gasteiger partial charge in [0.25, 0.3) is 5.91 Å². The van der Waals surface area contributed by atoms with Crippen LogP contribution in [0.2, 0.25) is 0 Å². The lowest BCUT2D eigenvalue weighted by molar-refractivity contribution is -0.122. The molecule has 1 unspecified atom stereocenters. The highest BCUT2D eigenvalue weighted by atomic mass is 16.2. The number of aromatic nitrogens is 1. The molecule has 26 heavy (non-hydrogen) atoms. The fraction of sp³-hybridized carbons (Fsp3) is 0.211. The number of benzene rings is 1. The van der Waals surface area contributed by atoms with Crippen molar-refractivity contribution in [2.24, 2.45) is 10.9 Å². The minimum absolute atomic E-state index is 0.137. The summed E-state index contributed by atoms with van der Waals surface area (Å²) in [6.45, 7) is 0.367. The summed E-state index contributed by atoms with van der Waals surface area (Å²) in [5.41, 5.74) is 1.42. The number of nitrogens with one attached hydrogen (secondary N) is 2. The number of carbonyl (C=O) groups excluding carboxylic acids is 3. The van der Waals surface area contributed by atoms with Gasteiger partial charge in [-0.3, -0.25) is 19.4 Å². The van der Waals surface area contributed by atoms with Crippen molar-refractivity contribution in [3.05, 3.63) is 48.7 Å². The summed E-state index contributed by atoms with van der Waals surface area (Å²) in [6.07, 6.45) is 6.56. The van der Waals surface area contributed by atoms with Crippen molar-refractivity contribution in [1.29, 1.82) is 0 Å². The van der Waals surface area contributed by atoms with Gasteiger partial charge in [0.05, 0.1) is 17.1 Å². The van der Waals surface area contributed by atoms with Crippen molar-refractivity contribution < 1.29 is 14.4 Å². The van der Waals surface area contributed by atoms with Gasteiger partial charge in [-0.2, -0.15) is 0 Å². The van der Waals surface area contributed by atoms with Crippen LogP contribution in [0.3, 0.4) is 0 Å². The molecular formula is C19H18N4O3. The Kier molecular flexibility index (Phi) is 5.48. The van der Waals surface area contributed by atoms with E-state index < -0.39 is 5.92 Å². The number of rotatable bonds is 6. The number of dihydropyridines is 1. The molecule has 0 aliphatic carbocycles. The maximum atomic E-state index is 12.1. The second kappa shape index (κ2) is 8.15. The maximum Gasteiger partial charge on any atom is 0.269 e. The lowest BCUT2D eigenvalue weighted by Gasteiger charge is -2.11. The van der Waals surface area contributed by atoms with E-state index in [1.54, 1.807) is 6.20 Å². The summed E-state index contributed by atoms with van der Waals surface area (Å²) in [6, 6.07) is 9.39. The van der Waals surface area contributed by atoms with Gasteiger partial charge in [0.2, 0.25) is 11.8 Å².